The number of nitrogens with one attached hydrogen (secondary N) is 2. The van der Waals surface area contributed by atoms with Crippen LogP contribution in [0.4, 0.5) is 14.5 Å². The number of halogens is 2. The molecule has 0 spiro atoms. The number of amides is 1. The summed E-state index contributed by atoms with van der Waals surface area (Å²) in [6.45, 7) is 0.392. The topological polar surface area (TPSA) is 70.6 Å². The predicted octanol–water partition coefficient (Wildman–Crippen LogP) is 2.21. The molecule has 2 aromatic carbocycles. The van der Waals surface area contributed by atoms with Crippen LogP contribution >= 0.6 is 0 Å². The number of ether oxygens (including phenoxy) is 1. The second-order valence-electron chi connectivity index (χ2n) is 5.90. The standard InChI is InChI=1S/C18H18F2N2O3/c19-12-3-1-2-11(6-12)10-25-17-5-4-13(7-15(17)20)22-18(24)16-8-14(23)9-21-16/h1-7,14,16,21,23H,8-10H2,(H,22,24). The number of benzene rings is 2. The summed E-state index contributed by atoms with van der Waals surface area (Å²) < 4.78 is 32.6. The predicted molar refractivity (Wildman–Crippen MR) is 88.2 cm³/mol. The lowest BCUT2D eigenvalue weighted by molar-refractivity contribution is -0.117. The molecule has 1 amide bonds. The Morgan fingerprint density at radius 1 is 1.28 bits per heavy atom. The largest absolute Gasteiger partial charge is 0.486 e. The van der Waals surface area contributed by atoms with Crippen molar-refractivity contribution < 1.29 is 23.4 Å². The monoisotopic (exact) mass is 348 g/mol. The fourth-order valence-corrected chi connectivity index (χ4v) is 2.63. The summed E-state index contributed by atoms with van der Waals surface area (Å²) in [6, 6.07) is 9.45. The van der Waals surface area contributed by atoms with Crippen LogP contribution in [0, 0.1) is 11.6 Å². The van der Waals surface area contributed by atoms with Gasteiger partial charge < -0.3 is 20.5 Å². The van der Waals surface area contributed by atoms with E-state index in [1.807, 2.05) is 0 Å². The first kappa shape index (κ1) is 17.3. The van der Waals surface area contributed by atoms with Gasteiger partial charge in [0, 0.05) is 18.3 Å². The van der Waals surface area contributed by atoms with Crippen molar-refractivity contribution in [1.82, 2.24) is 5.32 Å². The summed E-state index contributed by atoms with van der Waals surface area (Å²) in [5.74, 6) is -1.33. The maximum absolute atomic E-state index is 14.1. The summed E-state index contributed by atoms with van der Waals surface area (Å²) in [5, 5.41) is 14.9. The van der Waals surface area contributed by atoms with Crippen molar-refractivity contribution in [3.63, 3.8) is 0 Å². The molecule has 132 valence electrons. The Bertz CT molecular complexity index is 770. The number of aliphatic hydroxyl groups is 1. The lowest BCUT2D eigenvalue weighted by Crippen LogP contribution is -2.35. The molecule has 0 bridgehead atoms. The molecule has 1 aliphatic rings. The Morgan fingerprint density at radius 2 is 2.12 bits per heavy atom. The zero-order valence-electron chi connectivity index (χ0n) is 13.3. The second kappa shape index (κ2) is 7.58. The van der Waals surface area contributed by atoms with Crippen LogP contribution in [0.2, 0.25) is 0 Å². The lowest BCUT2D eigenvalue weighted by Gasteiger charge is -2.12. The Kier molecular flexibility index (Phi) is 5.25. The first-order chi connectivity index (χ1) is 12.0. The maximum atomic E-state index is 14.1. The zero-order valence-corrected chi connectivity index (χ0v) is 13.3. The molecule has 0 radical (unpaired) electrons. The van der Waals surface area contributed by atoms with Gasteiger partial charge >= 0.3 is 0 Å². The van der Waals surface area contributed by atoms with E-state index in [0.717, 1.165) is 6.07 Å². The van der Waals surface area contributed by atoms with Gasteiger partial charge in [-0.05, 0) is 36.2 Å². The Hall–Kier alpha value is -2.51. The number of rotatable bonds is 5. The first-order valence-corrected chi connectivity index (χ1v) is 7.90. The van der Waals surface area contributed by atoms with Gasteiger partial charge in [-0.1, -0.05) is 12.1 Å². The van der Waals surface area contributed by atoms with Crippen LogP contribution < -0.4 is 15.4 Å². The van der Waals surface area contributed by atoms with Crippen LogP contribution in [0.15, 0.2) is 42.5 Å². The van der Waals surface area contributed by atoms with Crippen molar-refractivity contribution in [2.24, 2.45) is 0 Å². The smallest absolute Gasteiger partial charge is 0.241 e. The van der Waals surface area contributed by atoms with E-state index in [1.54, 1.807) is 12.1 Å². The molecule has 3 N–H and O–H groups in total. The minimum Gasteiger partial charge on any atom is -0.486 e. The van der Waals surface area contributed by atoms with Crippen LogP contribution in [0.25, 0.3) is 0 Å². The summed E-state index contributed by atoms with van der Waals surface area (Å²) >= 11 is 0. The fourth-order valence-electron chi connectivity index (χ4n) is 2.63. The fraction of sp³-hybridized carbons (Fsp3) is 0.278. The summed E-state index contributed by atoms with van der Waals surface area (Å²) in [7, 11) is 0. The Morgan fingerprint density at radius 3 is 2.80 bits per heavy atom. The summed E-state index contributed by atoms with van der Waals surface area (Å²) in [4.78, 5) is 12.0. The van der Waals surface area contributed by atoms with E-state index in [0.29, 0.717) is 24.2 Å². The van der Waals surface area contributed by atoms with E-state index in [-0.39, 0.29) is 24.1 Å². The van der Waals surface area contributed by atoms with Gasteiger partial charge in [0.05, 0.1) is 12.1 Å². The van der Waals surface area contributed by atoms with E-state index in [4.69, 9.17) is 4.74 Å². The molecule has 1 saturated heterocycles. The van der Waals surface area contributed by atoms with Crippen LogP contribution in [0.1, 0.15) is 12.0 Å². The van der Waals surface area contributed by atoms with E-state index < -0.39 is 18.0 Å². The van der Waals surface area contributed by atoms with Gasteiger partial charge in [0.2, 0.25) is 5.91 Å². The highest BCUT2D eigenvalue weighted by molar-refractivity contribution is 5.95. The van der Waals surface area contributed by atoms with Crippen molar-refractivity contribution >= 4 is 11.6 Å². The molecule has 0 aliphatic carbocycles. The molecule has 2 aromatic rings. The van der Waals surface area contributed by atoms with Gasteiger partial charge in [-0.3, -0.25) is 4.79 Å². The molecule has 3 rings (SSSR count). The highest BCUT2D eigenvalue weighted by Crippen LogP contribution is 2.23. The quantitative estimate of drug-likeness (QED) is 0.775. The first-order valence-electron chi connectivity index (χ1n) is 7.90. The number of hydrogen-bond donors (Lipinski definition) is 3. The van der Waals surface area contributed by atoms with Crippen LogP contribution in [-0.2, 0) is 11.4 Å². The maximum Gasteiger partial charge on any atom is 0.241 e. The molecule has 1 aliphatic heterocycles. The third kappa shape index (κ3) is 4.52. The highest BCUT2D eigenvalue weighted by Gasteiger charge is 2.28. The molecular formula is C18H18F2N2O3. The van der Waals surface area contributed by atoms with E-state index in [2.05, 4.69) is 10.6 Å². The van der Waals surface area contributed by atoms with Crippen molar-refractivity contribution in [3.05, 3.63) is 59.7 Å². The van der Waals surface area contributed by atoms with E-state index >= 15 is 0 Å². The number of carbonyl (C=O) groups excluding carboxylic acids is 1. The van der Waals surface area contributed by atoms with Crippen molar-refractivity contribution in [2.75, 3.05) is 11.9 Å². The van der Waals surface area contributed by atoms with Gasteiger partial charge in [0.1, 0.15) is 12.4 Å². The number of anilines is 1. The number of hydrogen-bond acceptors (Lipinski definition) is 4. The molecule has 1 heterocycles. The van der Waals surface area contributed by atoms with Crippen LogP contribution in [0.5, 0.6) is 5.75 Å². The third-order valence-corrected chi connectivity index (χ3v) is 3.91. The SMILES string of the molecule is O=C(Nc1ccc(OCc2cccc(F)c2)c(F)c1)C1CC(O)CN1. The average molecular weight is 348 g/mol. The number of carbonyl (C=O) groups is 1. The van der Waals surface area contributed by atoms with E-state index in [9.17, 15) is 18.7 Å². The number of aliphatic hydroxyl groups excluding tert-OH is 1. The molecule has 0 aromatic heterocycles. The molecule has 1 fully saturated rings. The van der Waals surface area contributed by atoms with Crippen molar-refractivity contribution in [3.8, 4) is 5.75 Å². The lowest BCUT2D eigenvalue weighted by atomic mass is 10.2. The van der Waals surface area contributed by atoms with Crippen LogP contribution in [-0.4, -0.2) is 29.7 Å². The van der Waals surface area contributed by atoms with Gasteiger partial charge in [0.15, 0.2) is 11.6 Å². The zero-order chi connectivity index (χ0) is 17.8. The summed E-state index contributed by atoms with van der Waals surface area (Å²) in [6.07, 6.45) is -0.227. The van der Waals surface area contributed by atoms with Gasteiger partial charge in [-0.15, -0.1) is 0 Å². The minimum absolute atomic E-state index is 0.0108. The van der Waals surface area contributed by atoms with Crippen molar-refractivity contribution in [1.29, 1.82) is 0 Å². The molecule has 2 unspecified atom stereocenters. The molecule has 25 heavy (non-hydrogen) atoms. The summed E-state index contributed by atoms with van der Waals surface area (Å²) in [5.41, 5.74) is 0.881. The molecule has 2 atom stereocenters. The molecule has 0 saturated carbocycles. The average Bonchev–Trinajstić information content (AvgIpc) is 3.01. The Labute approximate surface area is 143 Å². The van der Waals surface area contributed by atoms with Gasteiger partial charge in [-0.2, -0.15) is 0 Å². The highest BCUT2D eigenvalue weighted by atomic mass is 19.1. The molecular weight excluding hydrogens is 330 g/mol. The van der Waals surface area contributed by atoms with Gasteiger partial charge in [-0.25, -0.2) is 8.78 Å². The van der Waals surface area contributed by atoms with Crippen LogP contribution in [0.3, 0.4) is 0 Å². The van der Waals surface area contributed by atoms with Crippen molar-refractivity contribution in [2.45, 2.75) is 25.2 Å². The Balaban J connectivity index is 1.59. The molecule has 7 heteroatoms. The minimum atomic E-state index is -0.631. The van der Waals surface area contributed by atoms with Gasteiger partial charge in [0.25, 0.3) is 0 Å². The second-order valence-corrected chi connectivity index (χ2v) is 5.90. The molecule has 5 nitrogen and oxygen atoms in total. The third-order valence-electron chi connectivity index (χ3n) is 3.91. The van der Waals surface area contributed by atoms with E-state index in [1.165, 1.54) is 24.3 Å². The number of β-amino-alcohol motifs (C(OH)–C–C–N with tert-alkyl or cyclic N) is 1. The normalized spacial score (nSPS) is 19.6.